The van der Waals surface area contributed by atoms with Crippen LogP contribution in [0.25, 0.3) is 0 Å². The second kappa shape index (κ2) is 13.4. The quantitative estimate of drug-likeness (QED) is 0.308. The molecule has 0 aromatic heterocycles. The molecule has 176 valence electrons. The standard InChI is InChI=1S/C23H45N5O.HI/c1-4-24-22(27(3)15-8-21-9-18-29-19-10-21)25-20-23(11-16-26(2)17-12-23)28-13-6-5-7-14-28;/h21H,4-20H2,1-3H3,(H,24,25);1H. The first-order valence-corrected chi connectivity index (χ1v) is 12.1. The van der Waals surface area contributed by atoms with E-state index >= 15 is 0 Å². The molecule has 0 saturated carbocycles. The summed E-state index contributed by atoms with van der Waals surface area (Å²) in [5, 5.41) is 3.56. The Kier molecular flexibility index (Phi) is 11.7. The van der Waals surface area contributed by atoms with E-state index in [4.69, 9.17) is 9.73 Å². The normalized spacial score (nSPS) is 24.3. The Morgan fingerprint density at radius 2 is 1.77 bits per heavy atom. The van der Waals surface area contributed by atoms with Crippen LogP contribution in [0.4, 0.5) is 0 Å². The highest BCUT2D eigenvalue weighted by molar-refractivity contribution is 14.0. The van der Waals surface area contributed by atoms with Crippen molar-refractivity contribution < 1.29 is 4.74 Å². The Morgan fingerprint density at radius 1 is 1.10 bits per heavy atom. The van der Waals surface area contributed by atoms with Gasteiger partial charge in [-0.1, -0.05) is 6.42 Å². The smallest absolute Gasteiger partial charge is 0.193 e. The van der Waals surface area contributed by atoms with Gasteiger partial charge >= 0.3 is 0 Å². The molecule has 7 heteroatoms. The van der Waals surface area contributed by atoms with E-state index in [2.05, 4.69) is 41.0 Å². The zero-order valence-electron chi connectivity index (χ0n) is 19.7. The van der Waals surface area contributed by atoms with Gasteiger partial charge in [-0.3, -0.25) is 9.89 Å². The van der Waals surface area contributed by atoms with Gasteiger partial charge in [0.1, 0.15) is 0 Å². The number of guanidine groups is 1. The summed E-state index contributed by atoms with van der Waals surface area (Å²) in [6.07, 6.45) is 10.3. The van der Waals surface area contributed by atoms with Crippen LogP contribution in [0.3, 0.4) is 0 Å². The van der Waals surface area contributed by atoms with Crippen LogP contribution in [0.5, 0.6) is 0 Å². The number of nitrogens with one attached hydrogen (secondary N) is 1. The van der Waals surface area contributed by atoms with Gasteiger partial charge in [0.2, 0.25) is 0 Å². The predicted octanol–water partition coefficient (Wildman–Crippen LogP) is 3.27. The van der Waals surface area contributed by atoms with Gasteiger partial charge in [-0.25, -0.2) is 0 Å². The lowest BCUT2D eigenvalue weighted by atomic mass is 9.84. The molecule has 0 unspecified atom stereocenters. The monoisotopic (exact) mass is 535 g/mol. The maximum absolute atomic E-state index is 5.52. The molecule has 3 saturated heterocycles. The largest absolute Gasteiger partial charge is 0.381 e. The maximum atomic E-state index is 5.52. The third kappa shape index (κ3) is 7.48. The Balaban J connectivity index is 0.00000320. The zero-order chi connectivity index (χ0) is 20.5. The van der Waals surface area contributed by atoms with Crippen molar-refractivity contribution in [2.45, 2.75) is 63.8 Å². The van der Waals surface area contributed by atoms with Crippen molar-refractivity contribution in [1.82, 2.24) is 20.0 Å². The van der Waals surface area contributed by atoms with Crippen LogP contribution in [-0.2, 0) is 4.74 Å². The molecule has 1 N–H and O–H groups in total. The van der Waals surface area contributed by atoms with Gasteiger partial charge in [-0.05, 0) is 91.0 Å². The lowest BCUT2D eigenvalue weighted by Gasteiger charge is -2.49. The van der Waals surface area contributed by atoms with Gasteiger partial charge in [-0.15, -0.1) is 24.0 Å². The SMILES string of the molecule is CCNC(=NCC1(N2CCCCC2)CCN(C)CC1)N(C)CCC1CCOCC1.I. The van der Waals surface area contributed by atoms with E-state index in [1.165, 1.54) is 77.5 Å². The molecule has 0 amide bonds. The molecule has 0 radical (unpaired) electrons. The average molecular weight is 536 g/mol. The van der Waals surface area contributed by atoms with Crippen molar-refractivity contribution in [2.24, 2.45) is 10.9 Å². The molecule has 3 aliphatic heterocycles. The van der Waals surface area contributed by atoms with Crippen molar-refractivity contribution in [3.8, 4) is 0 Å². The summed E-state index contributed by atoms with van der Waals surface area (Å²) in [5.74, 6) is 1.90. The minimum absolute atomic E-state index is 0. The Bertz CT molecular complexity index is 498. The lowest BCUT2D eigenvalue weighted by Crippen LogP contribution is -2.58. The molecular formula is C23H46IN5O. The van der Waals surface area contributed by atoms with E-state index in [1.54, 1.807) is 0 Å². The molecular weight excluding hydrogens is 489 g/mol. The van der Waals surface area contributed by atoms with E-state index in [1.807, 2.05) is 0 Å². The fraction of sp³-hybridized carbons (Fsp3) is 0.957. The zero-order valence-corrected chi connectivity index (χ0v) is 22.0. The Morgan fingerprint density at radius 3 is 2.40 bits per heavy atom. The van der Waals surface area contributed by atoms with Crippen molar-refractivity contribution >= 4 is 29.9 Å². The van der Waals surface area contributed by atoms with Gasteiger partial charge in [0.15, 0.2) is 5.96 Å². The van der Waals surface area contributed by atoms with Crippen LogP contribution in [-0.4, -0.2) is 99.3 Å². The summed E-state index contributed by atoms with van der Waals surface area (Å²) in [5.41, 5.74) is 0.259. The van der Waals surface area contributed by atoms with Crippen molar-refractivity contribution in [1.29, 1.82) is 0 Å². The second-order valence-electron chi connectivity index (χ2n) is 9.51. The highest BCUT2D eigenvalue weighted by Crippen LogP contribution is 2.31. The van der Waals surface area contributed by atoms with Gasteiger partial charge in [-0.2, -0.15) is 0 Å². The molecule has 3 heterocycles. The summed E-state index contributed by atoms with van der Waals surface area (Å²) < 4.78 is 5.52. The Labute approximate surface area is 202 Å². The molecule has 30 heavy (non-hydrogen) atoms. The van der Waals surface area contributed by atoms with E-state index < -0.39 is 0 Å². The molecule has 6 nitrogen and oxygen atoms in total. The fourth-order valence-electron chi connectivity index (χ4n) is 5.19. The Hall–Kier alpha value is -0.120. The number of aliphatic imine (C=N–C) groups is 1. The third-order valence-electron chi connectivity index (χ3n) is 7.38. The number of nitrogens with zero attached hydrogens (tertiary/aromatic N) is 4. The third-order valence-corrected chi connectivity index (χ3v) is 7.38. The van der Waals surface area contributed by atoms with E-state index in [9.17, 15) is 0 Å². The van der Waals surface area contributed by atoms with Crippen LogP contribution in [0.15, 0.2) is 4.99 Å². The minimum atomic E-state index is 0. The first-order valence-electron chi connectivity index (χ1n) is 12.1. The summed E-state index contributed by atoms with van der Waals surface area (Å²) >= 11 is 0. The predicted molar refractivity (Wildman–Crippen MR) is 137 cm³/mol. The number of halogens is 1. The van der Waals surface area contributed by atoms with Crippen LogP contribution in [0.1, 0.15) is 58.3 Å². The summed E-state index contributed by atoms with van der Waals surface area (Å²) in [6.45, 7) is 11.9. The van der Waals surface area contributed by atoms with Crippen LogP contribution < -0.4 is 5.32 Å². The van der Waals surface area contributed by atoms with E-state index in [0.717, 1.165) is 44.7 Å². The first-order chi connectivity index (χ1) is 14.1. The number of hydrogen-bond donors (Lipinski definition) is 1. The van der Waals surface area contributed by atoms with Gasteiger partial charge in [0, 0.05) is 38.9 Å². The highest BCUT2D eigenvalue weighted by Gasteiger charge is 2.39. The van der Waals surface area contributed by atoms with Gasteiger partial charge < -0.3 is 19.9 Å². The van der Waals surface area contributed by atoms with Crippen molar-refractivity contribution in [2.75, 3.05) is 73.1 Å². The summed E-state index contributed by atoms with van der Waals surface area (Å²) in [4.78, 5) is 12.9. The van der Waals surface area contributed by atoms with Gasteiger partial charge in [0.25, 0.3) is 0 Å². The van der Waals surface area contributed by atoms with E-state index in [0.29, 0.717) is 0 Å². The number of hydrogen-bond acceptors (Lipinski definition) is 4. The molecule has 3 fully saturated rings. The van der Waals surface area contributed by atoms with Gasteiger partial charge in [0.05, 0.1) is 6.54 Å². The van der Waals surface area contributed by atoms with Crippen LogP contribution in [0, 0.1) is 5.92 Å². The number of ether oxygens (including phenoxy) is 1. The average Bonchev–Trinajstić information content (AvgIpc) is 2.77. The molecule has 0 bridgehead atoms. The van der Waals surface area contributed by atoms with Crippen molar-refractivity contribution in [3.05, 3.63) is 0 Å². The lowest BCUT2D eigenvalue weighted by molar-refractivity contribution is 0.0206. The number of likely N-dealkylation sites (tertiary alicyclic amines) is 2. The number of piperidine rings is 2. The fourth-order valence-corrected chi connectivity index (χ4v) is 5.19. The minimum Gasteiger partial charge on any atom is -0.381 e. The summed E-state index contributed by atoms with van der Waals surface area (Å²) in [6, 6.07) is 0. The second-order valence-corrected chi connectivity index (χ2v) is 9.51. The molecule has 0 spiro atoms. The molecule has 0 aromatic carbocycles. The summed E-state index contributed by atoms with van der Waals surface area (Å²) in [7, 11) is 4.47. The molecule has 0 aliphatic carbocycles. The van der Waals surface area contributed by atoms with Crippen LogP contribution >= 0.6 is 24.0 Å². The van der Waals surface area contributed by atoms with Crippen LogP contribution in [0.2, 0.25) is 0 Å². The molecule has 0 aromatic rings. The first kappa shape index (κ1) is 26.1. The molecule has 3 rings (SSSR count). The molecule has 3 aliphatic rings. The van der Waals surface area contributed by atoms with E-state index in [-0.39, 0.29) is 29.5 Å². The number of rotatable bonds is 7. The topological polar surface area (TPSA) is 43.3 Å². The maximum Gasteiger partial charge on any atom is 0.193 e. The molecule has 0 atom stereocenters. The highest BCUT2D eigenvalue weighted by atomic mass is 127. The van der Waals surface area contributed by atoms with Crippen molar-refractivity contribution in [3.63, 3.8) is 0 Å².